The smallest absolute Gasteiger partial charge is 0.217 e. The molecule has 3 rings (SSSR count). The zero-order valence-electron chi connectivity index (χ0n) is 11.5. The van der Waals surface area contributed by atoms with Crippen LogP contribution in [0.4, 0.5) is 0 Å². The maximum atomic E-state index is 11.2. The molecule has 20 heavy (non-hydrogen) atoms. The summed E-state index contributed by atoms with van der Waals surface area (Å²) < 4.78 is 5.98. The van der Waals surface area contributed by atoms with Crippen molar-refractivity contribution in [2.24, 2.45) is 4.99 Å². The van der Waals surface area contributed by atoms with Crippen LogP contribution in [-0.2, 0) is 9.53 Å². The number of ether oxygens (including phenoxy) is 1. The number of carbonyl (C=O) groups excluding carboxylic acids is 1. The lowest BCUT2D eigenvalue weighted by molar-refractivity contribution is -0.104. The van der Waals surface area contributed by atoms with Crippen molar-refractivity contribution in [2.45, 2.75) is 36.7 Å². The van der Waals surface area contributed by atoms with Gasteiger partial charge in [-0.05, 0) is 38.0 Å². The van der Waals surface area contributed by atoms with Gasteiger partial charge >= 0.3 is 0 Å². The van der Waals surface area contributed by atoms with Gasteiger partial charge in [0.25, 0.3) is 0 Å². The quantitative estimate of drug-likeness (QED) is 0.615. The number of hydrogen-bond donors (Lipinski definition) is 0. The van der Waals surface area contributed by atoms with Gasteiger partial charge in [-0.15, -0.1) is 0 Å². The van der Waals surface area contributed by atoms with E-state index in [1.54, 1.807) is 0 Å². The van der Waals surface area contributed by atoms with Crippen LogP contribution in [0.2, 0.25) is 0 Å². The van der Waals surface area contributed by atoms with Crippen molar-refractivity contribution < 1.29 is 9.53 Å². The minimum absolute atomic E-state index is 0.0600. The standard InChI is InChI=1S/C16H16BrNO2/c1-10-13(9-19)14(17)8-16(10)11(2)20-15(18-16)12-6-4-3-5-7-12/h3-7,9,11,14H,8H2,1-2H3/t11-,14?,16+/m1/s1. The summed E-state index contributed by atoms with van der Waals surface area (Å²) in [6.07, 6.45) is 1.65. The average molecular weight is 334 g/mol. The van der Waals surface area contributed by atoms with E-state index in [0.29, 0.717) is 5.90 Å². The Bertz CT molecular complexity index is 608. The van der Waals surface area contributed by atoms with Crippen LogP contribution in [0.5, 0.6) is 0 Å². The van der Waals surface area contributed by atoms with Crippen LogP contribution >= 0.6 is 15.9 Å². The Hall–Kier alpha value is -1.42. The van der Waals surface area contributed by atoms with Crippen molar-refractivity contribution in [3.63, 3.8) is 0 Å². The van der Waals surface area contributed by atoms with E-state index in [-0.39, 0.29) is 10.9 Å². The number of hydrogen-bond acceptors (Lipinski definition) is 3. The molecule has 1 aromatic rings. The lowest BCUT2D eigenvalue weighted by Crippen LogP contribution is -2.35. The van der Waals surface area contributed by atoms with Crippen LogP contribution in [0.3, 0.4) is 0 Å². The van der Waals surface area contributed by atoms with Crippen molar-refractivity contribution in [2.75, 3.05) is 0 Å². The van der Waals surface area contributed by atoms with Crippen molar-refractivity contribution in [3.05, 3.63) is 47.0 Å². The molecule has 1 aliphatic carbocycles. The summed E-state index contributed by atoms with van der Waals surface area (Å²) in [7, 11) is 0. The van der Waals surface area contributed by atoms with Gasteiger partial charge in [-0.3, -0.25) is 4.79 Å². The number of halogens is 1. The Morgan fingerprint density at radius 2 is 2.10 bits per heavy atom. The van der Waals surface area contributed by atoms with Gasteiger partial charge in [-0.1, -0.05) is 34.1 Å². The number of alkyl halides is 1. The predicted molar refractivity (Wildman–Crippen MR) is 82.4 cm³/mol. The highest BCUT2D eigenvalue weighted by atomic mass is 79.9. The average Bonchev–Trinajstić information content (AvgIpc) is 2.90. The second kappa shape index (κ2) is 4.85. The number of allylic oxidation sites excluding steroid dienone is 1. The van der Waals surface area contributed by atoms with Gasteiger partial charge in [0, 0.05) is 16.0 Å². The molecule has 0 amide bonds. The van der Waals surface area contributed by atoms with Crippen LogP contribution in [0.1, 0.15) is 25.8 Å². The minimum atomic E-state index is -0.407. The van der Waals surface area contributed by atoms with Crippen molar-refractivity contribution >= 4 is 28.1 Å². The molecular formula is C16H16BrNO2. The van der Waals surface area contributed by atoms with E-state index in [1.165, 1.54) is 0 Å². The molecule has 0 fully saturated rings. The van der Waals surface area contributed by atoms with Crippen molar-refractivity contribution in [1.29, 1.82) is 0 Å². The topological polar surface area (TPSA) is 38.7 Å². The molecule has 0 aromatic heterocycles. The molecule has 0 saturated heterocycles. The molecule has 0 radical (unpaired) electrons. The maximum absolute atomic E-state index is 11.2. The lowest BCUT2D eigenvalue weighted by Gasteiger charge is -2.26. The SMILES string of the molecule is CC1=C(C=O)C(Br)C[C@]12N=C(c1ccccc1)O[C@@H]2C. The monoisotopic (exact) mass is 333 g/mol. The molecule has 0 saturated carbocycles. The molecule has 1 unspecified atom stereocenters. The lowest BCUT2D eigenvalue weighted by atomic mass is 9.88. The van der Waals surface area contributed by atoms with Gasteiger partial charge in [-0.2, -0.15) is 0 Å². The second-order valence-electron chi connectivity index (χ2n) is 5.34. The molecule has 0 N–H and O–H groups in total. The van der Waals surface area contributed by atoms with Gasteiger partial charge in [-0.25, -0.2) is 4.99 Å². The van der Waals surface area contributed by atoms with Crippen molar-refractivity contribution in [3.8, 4) is 0 Å². The normalized spacial score (nSPS) is 32.5. The van der Waals surface area contributed by atoms with E-state index < -0.39 is 5.54 Å². The Morgan fingerprint density at radius 3 is 2.70 bits per heavy atom. The highest BCUT2D eigenvalue weighted by Crippen LogP contribution is 2.47. The number of aldehydes is 1. The summed E-state index contributed by atoms with van der Waals surface area (Å²) in [6.45, 7) is 4.01. The van der Waals surface area contributed by atoms with Gasteiger partial charge in [0.15, 0.2) is 0 Å². The highest BCUT2D eigenvalue weighted by molar-refractivity contribution is 9.09. The summed E-state index contributed by atoms with van der Waals surface area (Å²) in [5.74, 6) is 0.671. The van der Waals surface area contributed by atoms with E-state index in [9.17, 15) is 4.79 Å². The first kappa shape index (κ1) is 13.6. The summed E-state index contributed by atoms with van der Waals surface area (Å²) >= 11 is 3.58. The molecule has 1 aromatic carbocycles. The molecule has 2 aliphatic rings. The Morgan fingerprint density at radius 1 is 1.40 bits per heavy atom. The Labute approximate surface area is 126 Å². The zero-order valence-corrected chi connectivity index (χ0v) is 13.1. The molecule has 104 valence electrons. The first-order valence-electron chi connectivity index (χ1n) is 6.71. The minimum Gasteiger partial charge on any atom is -0.471 e. The molecule has 1 heterocycles. The van der Waals surface area contributed by atoms with Gasteiger partial charge in [0.2, 0.25) is 5.90 Å². The predicted octanol–water partition coefficient (Wildman–Crippen LogP) is 3.27. The molecule has 1 aliphatic heterocycles. The molecular weight excluding hydrogens is 318 g/mol. The fraction of sp³-hybridized carbons (Fsp3) is 0.375. The van der Waals surface area contributed by atoms with Crippen LogP contribution in [-0.4, -0.2) is 28.7 Å². The molecule has 1 spiro atoms. The van der Waals surface area contributed by atoms with E-state index in [2.05, 4.69) is 15.9 Å². The second-order valence-corrected chi connectivity index (χ2v) is 6.44. The number of aliphatic imine (C=N–C) groups is 1. The van der Waals surface area contributed by atoms with E-state index >= 15 is 0 Å². The summed E-state index contributed by atoms with van der Waals surface area (Å²) in [5, 5.41) is 0. The summed E-state index contributed by atoms with van der Waals surface area (Å²) in [5.41, 5.74) is 2.40. The third kappa shape index (κ3) is 1.85. The van der Waals surface area contributed by atoms with Crippen molar-refractivity contribution in [1.82, 2.24) is 0 Å². The van der Waals surface area contributed by atoms with Gasteiger partial charge in [0.1, 0.15) is 17.9 Å². The fourth-order valence-electron chi connectivity index (χ4n) is 3.06. The highest BCUT2D eigenvalue weighted by Gasteiger charge is 2.51. The third-order valence-corrected chi connectivity index (χ3v) is 5.14. The van der Waals surface area contributed by atoms with Gasteiger partial charge < -0.3 is 4.74 Å². The van der Waals surface area contributed by atoms with Crippen LogP contribution in [0, 0.1) is 0 Å². The van der Waals surface area contributed by atoms with Crippen LogP contribution < -0.4 is 0 Å². The van der Waals surface area contributed by atoms with Crippen LogP contribution in [0.25, 0.3) is 0 Å². The summed E-state index contributed by atoms with van der Waals surface area (Å²) in [6, 6.07) is 9.89. The largest absolute Gasteiger partial charge is 0.471 e. The Kier molecular flexibility index (Phi) is 3.28. The number of nitrogens with zero attached hydrogens (tertiary/aromatic N) is 1. The molecule has 0 bridgehead atoms. The van der Waals surface area contributed by atoms with E-state index in [0.717, 1.165) is 29.4 Å². The number of benzene rings is 1. The number of rotatable bonds is 2. The Balaban J connectivity index is 2.06. The fourth-order valence-corrected chi connectivity index (χ4v) is 4.01. The molecule has 3 atom stereocenters. The first-order valence-corrected chi connectivity index (χ1v) is 7.62. The summed E-state index contributed by atoms with van der Waals surface area (Å²) in [4.78, 5) is 16.2. The van der Waals surface area contributed by atoms with E-state index in [1.807, 2.05) is 44.2 Å². The zero-order chi connectivity index (χ0) is 14.3. The van der Waals surface area contributed by atoms with E-state index in [4.69, 9.17) is 9.73 Å². The van der Waals surface area contributed by atoms with Gasteiger partial charge in [0.05, 0.1) is 0 Å². The van der Waals surface area contributed by atoms with Crippen LogP contribution in [0.15, 0.2) is 46.5 Å². The third-order valence-electron chi connectivity index (χ3n) is 4.32. The molecule has 4 heteroatoms. The first-order chi connectivity index (χ1) is 9.58. The molecule has 3 nitrogen and oxygen atoms in total. The maximum Gasteiger partial charge on any atom is 0.217 e. The number of carbonyl (C=O) groups is 1.